The quantitative estimate of drug-likeness (QED) is 0.105. The second kappa shape index (κ2) is 15.2. The maximum atomic E-state index is 14.4. The summed E-state index contributed by atoms with van der Waals surface area (Å²) in [5.74, 6) is 0.793. The van der Waals surface area contributed by atoms with Crippen LogP contribution in [0.1, 0.15) is 42.1 Å². The fourth-order valence-electron chi connectivity index (χ4n) is 5.39. The lowest BCUT2D eigenvalue weighted by atomic mass is 9.93. The number of hydrogen-bond acceptors (Lipinski definition) is 7. The monoisotopic (exact) mass is 854 g/mol. The van der Waals surface area contributed by atoms with Crippen molar-refractivity contribution in [1.29, 1.82) is 0 Å². The first-order valence-electron chi connectivity index (χ1n) is 15.1. The number of thiazole rings is 1. The number of fused-ring (bicyclic) bond motifs is 1. The molecule has 1 atom stereocenters. The molecule has 1 aromatic heterocycles. The Balaban J connectivity index is 1.55. The van der Waals surface area contributed by atoms with Crippen molar-refractivity contribution in [2.45, 2.75) is 26.5 Å². The van der Waals surface area contributed by atoms with Gasteiger partial charge >= 0.3 is 5.97 Å². The minimum absolute atomic E-state index is 0.172. The van der Waals surface area contributed by atoms with Crippen LogP contribution in [0.4, 0.5) is 0 Å². The highest BCUT2D eigenvalue weighted by Gasteiger charge is 2.35. The molecule has 1 aliphatic rings. The first kappa shape index (κ1) is 34.2. The van der Waals surface area contributed by atoms with Crippen LogP contribution in [0.25, 0.3) is 11.8 Å². The van der Waals surface area contributed by atoms with Gasteiger partial charge in [-0.3, -0.25) is 9.36 Å². The highest BCUT2D eigenvalue weighted by atomic mass is 127. The molecule has 0 saturated heterocycles. The van der Waals surface area contributed by atoms with Gasteiger partial charge in [0.05, 0.1) is 38.6 Å². The third-order valence-electron chi connectivity index (χ3n) is 7.50. The Bertz CT molecular complexity index is 2180. The van der Waals surface area contributed by atoms with Gasteiger partial charge in [0.15, 0.2) is 4.80 Å². The number of carbonyl (C=O) groups is 1. The van der Waals surface area contributed by atoms with E-state index in [1.54, 1.807) is 11.5 Å². The van der Waals surface area contributed by atoms with E-state index < -0.39 is 12.0 Å². The molecule has 244 valence electrons. The van der Waals surface area contributed by atoms with E-state index in [0.29, 0.717) is 44.8 Å². The summed E-state index contributed by atoms with van der Waals surface area (Å²) >= 11 is 13.2. The molecule has 5 aromatic rings. The lowest BCUT2D eigenvalue weighted by molar-refractivity contribution is -0.138. The van der Waals surface area contributed by atoms with Crippen LogP contribution in [0.3, 0.4) is 0 Å². The van der Waals surface area contributed by atoms with Crippen LogP contribution in [0.15, 0.2) is 111 Å². The molecule has 0 unspecified atom stereocenters. The van der Waals surface area contributed by atoms with E-state index in [4.69, 9.17) is 30.8 Å². The lowest BCUT2D eigenvalue weighted by Gasteiger charge is -2.26. The van der Waals surface area contributed by atoms with Crippen LogP contribution in [-0.2, 0) is 16.1 Å². The average molecular weight is 856 g/mol. The van der Waals surface area contributed by atoms with Gasteiger partial charge in [-0.25, -0.2) is 9.79 Å². The van der Waals surface area contributed by atoms with E-state index in [1.807, 2.05) is 104 Å². The molecule has 48 heavy (non-hydrogen) atoms. The number of aromatic nitrogens is 1. The Morgan fingerprint density at radius 1 is 1.00 bits per heavy atom. The number of ether oxygens (including phenoxy) is 3. The molecule has 7 nitrogen and oxygen atoms in total. The summed E-state index contributed by atoms with van der Waals surface area (Å²) in [6, 6.07) is 27.5. The van der Waals surface area contributed by atoms with Crippen LogP contribution < -0.4 is 24.4 Å². The fourth-order valence-corrected chi connectivity index (χ4v) is 8.21. The maximum Gasteiger partial charge on any atom is 0.338 e. The standard InChI is InChI=1S/C37H29BrClIN2O5S/c1-3-45-28-16-12-24(13-17-28)33-31(36(44)46-4-2)32(23-8-6-5-7-9-23)41-37-42(33)35(43)30(48-37)19-25-18-26(38)20-29(40)34(25)47-21-22-10-14-27(39)15-11-22/h5-20,33H,3-4,21H2,1-2H3/b30-19-/t33-/m0/s1. The van der Waals surface area contributed by atoms with E-state index >= 15 is 0 Å². The third-order valence-corrected chi connectivity index (χ3v) is 9.99. The normalized spacial score (nSPS) is 14.4. The topological polar surface area (TPSA) is 79.1 Å². The molecule has 2 heterocycles. The van der Waals surface area contributed by atoms with Gasteiger partial charge in [-0.05, 0) is 90.0 Å². The molecule has 0 aliphatic carbocycles. The molecule has 0 bridgehead atoms. The maximum absolute atomic E-state index is 14.4. The van der Waals surface area contributed by atoms with Crippen molar-refractivity contribution in [2.75, 3.05) is 13.2 Å². The van der Waals surface area contributed by atoms with Gasteiger partial charge in [-0.1, -0.05) is 93.5 Å². The Labute approximate surface area is 308 Å². The Morgan fingerprint density at radius 2 is 1.73 bits per heavy atom. The summed E-state index contributed by atoms with van der Waals surface area (Å²) in [7, 11) is 0. The predicted octanol–water partition coefficient (Wildman–Crippen LogP) is 7.93. The third kappa shape index (κ3) is 7.31. The second-order valence-corrected chi connectivity index (χ2v) is 14.2. The van der Waals surface area contributed by atoms with Gasteiger partial charge in [-0.2, -0.15) is 0 Å². The Hall–Kier alpha value is -3.71. The molecule has 11 heteroatoms. The predicted molar refractivity (Wildman–Crippen MR) is 201 cm³/mol. The highest BCUT2D eigenvalue weighted by Crippen LogP contribution is 2.36. The number of carbonyl (C=O) groups excluding carboxylic acids is 1. The molecular formula is C37H29BrClIN2O5S. The van der Waals surface area contributed by atoms with Crippen LogP contribution in [0, 0.1) is 3.57 Å². The summed E-state index contributed by atoms with van der Waals surface area (Å²) in [6.07, 6.45) is 1.82. The first-order valence-corrected chi connectivity index (χ1v) is 18.2. The van der Waals surface area contributed by atoms with E-state index in [-0.39, 0.29) is 17.7 Å². The van der Waals surface area contributed by atoms with Gasteiger partial charge < -0.3 is 14.2 Å². The molecule has 0 amide bonds. The van der Waals surface area contributed by atoms with E-state index in [0.717, 1.165) is 30.3 Å². The average Bonchev–Trinajstić information content (AvgIpc) is 3.39. The highest BCUT2D eigenvalue weighted by molar-refractivity contribution is 14.1. The minimum atomic E-state index is -0.795. The number of halogens is 3. The van der Waals surface area contributed by atoms with Gasteiger partial charge in [0, 0.05) is 20.6 Å². The van der Waals surface area contributed by atoms with Gasteiger partial charge in [-0.15, -0.1) is 0 Å². The molecule has 0 saturated carbocycles. The van der Waals surface area contributed by atoms with E-state index in [2.05, 4.69) is 38.5 Å². The van der Waals surface area contributed by atoms with Crippen LogP contribution in [0.5, 0.6) is 11.5 Å². The molecule has 6 rings (SSSR count). The van der Waals surface area contributed by atoms with Crippen LogP contribution >= 0.6 is 61.5 Å². The SMILES string of the molecule is CCOC(=O)C1=C(c2ccccc2)N=c2s/c(=C\c3cc(Br)cc(I)c3OCc3ccc(Cl)cc3)c(=O)n2[C@H]1c1ccc(OCC)cc1. The number of esters is 1. The summed E-state index contributed by atoms with van der Waals surface area (Å²) in [5, 5.41) is 0.651. The Morgan fingerprint density at radius 3 is 2.42 bits per heavy atom. The minimum Gasteiger partial charge on any atom is -0.494 e. The largest absolute Gasteiger partial charge is 0.494 e. The zero-order chi connectivity index (χ0) is 33.8. The van der Waals surface area contributed by atoms with E-state index in [9.17, 15) is 9.59 Å². The van der Waals surface area contributed by atoms with Gasteiger partial charge in [0.25, 0.3) is 5.56 Å². The van der Waals surface area contributed by atoms with Crippen molar-refractivity contribution in [2.24, 2.45) is 4.99 Å². The van der Waals surface area contributed by atoms with E-state index in [1.165, 1.54) is 11.3 Å². The summed E-state index contributed by atoms with van der Waals surface area (Å²) in [6.45, 7) is 4.68. The van der Waals surface area contributed by atoms with Crippen molar-refractivity contribution in [3.8, 4) is 11.5 Å². The van der Waals surface area contributed by atoms with Gasteiger partial charge in [0.2, 0.25) is 0 Å². The number of benzene rings is 4. The van der Waals surface area contributed by atoms with Crippen molar-refractivity contribution in [1.82, 2.24) is 4.57 Å². The van der Waals surface area contributed by atoms with Crippen molar-refractivity contribution in [3.05, 3.63) is 152 Å². The van der Waals surface area contributed by atoms with Crippen LogP contribution in [0.2, 0.25) is 5.02 Å². The number of nitrogens with zero attached hydrogens (tertiary/aromatic N) is 2. The second-order valence-electron chi connectivity index (χ2n) is 10.7. The fraction of sp³-hybridized carbons (Fsp3) is 0.162. The van der Waals surface area contributed by atoms with Crippen LogP contribution in [-0.4, -0.2) is 23.8 Å². The summed E-state index contributed by atoms with van der Waals surface area (Å²) in [4.78, 5) is 33.6. The van der Waals surface area contributed by atoms with Crippen molar-refractivity contribution >= 4 is 79.2 Å². The van der Waals surface area contributed by atoms with Crippen molar-refractivity contribution < 1.29 is 19.0 Å². The zero-order valence-corrected chi connectivity index (χ0v) is 31.2. The number of hydrogen-bond donors (Lipinski definition) is 0. The van der Waals surface area contributed by atoms with Gasteiger partial charge in [0.1, 0.15) is 18.1 Å². The lowest BCUT2D eigenvalue weighted by Crippen LogP contribution is -2.40. The smallest absolute Gasteiger partial charge is 0.338 e. The first-order chi connectivity index (χ1) is 23.3. The Kier molecular flexibility index (Phi) is 10.8. The summed E-state index contributed by atoms with van der Waals surface area (Å²) < 4.78 is 21.3. The molecule has 1 aliphatic heterocycles. The molecule has 0 N–H and O–H groups in total. The molecular weight excluding hydrogens is 827 g/mol. The molecule has 0 radical (unpaired) electrons. The molecule has 4 aromatic carbocycles. The molecule has 0 spiro atoms. The summed E-state index contributed by atoms with van der Waals surface area (Å²) in [5.41, 5.74) is 3.61. The number of rotatable bonds is 10. The zero-order valence-electron chi connectivity index (χ0n) is 25.9. The van der Waals surface area contributed by atoms with Crippen molar-refractivity contribution in [3.63, 3.8) is 0 Å². The molecule has 0 fully saturated rings.